The molecule has 2 aromatic heterocycles. The van der Waals surface area contributed by atoms with Crippen molar-refractivity contribution in [1.29, 1.82) is 0 Å². The van der Waals surface area contributed by atoms with Crippen molar-refractivity contribution in [2.45, 2.75) is 33.2 Å². The lowest BCUT2D eigenvalue weighted by Crippen LogP contribution is -2.39. The van der Waals surface area contributed by atoms with Crippen LogP contribution in [-0.4, -0.2) is 57.9 Å². The number of piperidine rings is 1. The summed E-state index contributed by atoms with van der Waals surface area (Å²) in [6, 6.07) is 11.7. The number of aryl methyl sites for hydroxylation is 2. The first-order valence-corrected chi connectivity index (χ1v) is 12.0. The number of rotatable bonds is 6. The number of H-pyrrole nitrogens is 1. The Morgan fingerprint density at radius 1 is 1.06 bits per heavy atom. The Morgan fingerprint density at radius 2 is 1.83 bits per heavy atom. The summed E-state index contributed by atoms with van der Waals surface area (Å²) in [4.78, 5) is 19.7. The molecule has 1 fully saturated rings. The Hall–Kier alpha value is -3.81. The van der Waals surface area contributed by atoms with Crippen LogP contribution in [0.1, 0.15) is 34.5 Å². The van der Waals surface area contributed by atoms with Crippen molar-refractivity contribution in [2.24, 2.45) is 5.92 Å². The number of carbonyl (C=O) groups excluding carboxylic acids is 1. The number of nitrogens with one attached hydrogen (secondary N) is 1. The van der Waals surface area contributed by atoms with Crippen LogP contribution < -0.4 is 9.47 Å². The average Bonchev–Trinajstić information content (AvgIpc) is 3.52. The molecule has 0 aliphatic carbocycles. The molecule has 1 N–H and O–H groups in total. The standard InChI is InChI=1S/C27H31N5O3/c1-17-11-23-25(12-18(17)2)32(16-28-23)15-19-7-9-31(10-8-19)27(33)24-14-22(29-30-24)21-13-20(34-3)5-6-26(21)35-4/h5-6,11-14,16,19H,7-10,15H2,1-4H3,(H,29,30). The zero-order valence-electron chi connectivity index (χ0n) is 20.7. The molecule has 0 spiro atoms. The van der Waals surface area contributed by atoms with Gasteiger partial charge in [0.2, 0.25) is 0 Å². The Labute approximate surface area is 204 Å². The maximum absolute atomic E-state index is 13.2. The molecule has 1 aliphatic heterocycles. The minimum Gasteiger partial charge on any atom is -0.497 e. The van der Waals surface area contributed by atoms with Gasteiger partial charge >= 0.3 is 0 Å². The molecule has 1 amide bonds. The molecular formula is C27H31N5O3. The highest BCUT2D eigenvalue weighted by Crippen LogP contribution is 2.33. The van der Waals surface area contributed by atoms with Gasteiger partial charge in [-0.2, -0.15) is 5.10 Å². The summed E-state index contributed by atoms with van der Waals surface area (Å²) in [7, 11) is 3.23. The quantitative estimate of drug-likeness (QED) is 0.442. The molecule has 182 valence electrons. The Balaban J connectivity index is 1.24. The van der Waals surface area contributed by atoms with E-state index in [-0.39, 0.29) is 5.91 Å². The number of benzene rings is 2. The van der Waals surface area contributed by atoms with E-state index in [1.54, 1.807) is 20.3 Å². The van der Waals surface area contributed by atoms with E-state index >= 15 is 0 Å². The summed E-state index contributed by atoms with van der Waals surface area (Å²) in [6.07, 6.45) is 3.86. The minimum atomic E-state index is -0.0248. The van der Waals surface area contributed by atoms with Gasteiger partial charge in [-0.05, 0) is 80.1 Å². The fourth-order valence-electron chi connectivity index (χ4n) is 4.81. The number of aromatic nitrogens is 4. The Morgan fingerprint density at radius 3 is 2.57 bits per heavy atom. The number of aromatic amines is 1. The molecule has 0 atom stereocenters. The molecule has 0 bridgehead atoms. The van der Waals surface area contributed by atoms with E-state index in [1.165, 1.54) is 16.6 Å². The van der Waals surface area contributed by atoms with Gasteiger partial charge in [-0.1, -0.05) is 0 Å². The van der Waals surface area contributed by atoms with E-state index in [4.69, 9.17) is 9.47 Å². The molecule has 0 unspecified atom stereocenters. The normalized spacial score (nSPS) is 14.5. The third-order valence-corrected chi connectivity index (χ3v) is 7.08. The number of amides is 1. The van der Waals surface area contributed by atoms with Crippen molar-refractivity contribution in [3.63, 3.8) is 0 Å². The van der Waals surface area contributed by atoms with Crippen LogP contribution in [0.25, 0.3) is 22.3 Å². The van der Waals surface area contributed by atoms with E-state index in [1.807, 2.05) is 29.4 Å². The predicted molar refractivity (Wildman–Crippen MR) is 135 cm³/mol. The fourth-order valence-corrected chi connectivity index (χ4v) is 4.81. The van der Waals surface area contributed by atoms with Crippen LogP contribution >= 0.6 is 0 Å². The van der Waals surface area contributed by atoms with Crippen LogP contribution in [0.2, 0.25) is 0 Å². The largest absolute Gasteiger partial charge is 0.497 e. The van der Waals surface area contributed by atoms with Crippen molar-refractivity contribution in [3.8, 4) is 22.8 Å². The van der Waals surface area contributed by atoms with Crippen molar-refractivity contribution in [3.05, 3.63) is 59.5 Å². The molecule has 4 aromatic rings. The number of imidazole rings is 1. The third kappa shape index (κ3) is 4.48. The number of fused-ring (bicyclic) bond motifs is 1. The van der Waals surface area contributed by atoms with Gasteiger partial charge in [-0.25, -0.2) is 4.98 Å². The van der Waals surface area contributed by atoms with Gasteiger partial charge < -0.3 is 18.9 Å². The summed E-state index contributed by atoms with van der Waals surface area (Å²) in [5.41, 5.74) is 6.68. The number of nitrogens with zero attached hydrogens (tertiary/aromatic N) is 4. The van der Waals surface area contributed by atoms with Crippen molar-refractivity contribution in [1.82, 2.24) is 24.6 Å². The fraction of sp³-hybridized carbons (Fsp3) is 0.370. The molecule has 8 heteroatoms. The lowest BCUT2D eigenvalue weighted by molar-refractivity contribution is 0.0677. The topological polar surface area (TPSA) is 85.3 Å². The van der Waals surface area contributed by atoms with Gasteiger partial charge in [0.25, 0.3) is 5.91 Å². The van der Waals surface area contributed by atoms with Crippen LogP contribution in [0.4, 0.5) is 0 Å². The predicted octanol–water partition coefficient (Wildman–Crippen LogP) is 4.61. The Bertz CT molecular complexity index is 1360. The first-order chi connectivity index (χ1) is 17.0. The molecule has 0 saturated carbocycles. The summed E-state index contributed by atoms with van der Waals surface area (Å²) >= 11 is 0. The van der Waals surface area contributed by atoms with E-state index in [9.17, 15) is 4.79 Å². The first-order valence-electron chi connectivity index (χ1n) is 12.0. The van der Waals surface area contributed by atoms with Gasteiger partial charge in [-0.15, -0.1) is 0 Å². The van der Waals surface area contributed by atoms with E-state index in [0.29, 0.717) is 28.8 Å². The average molecular weight is 474 g/mol. The van der Waals surface area contributed by atoms with Crippen LogP contribution in [-0.2, 0) is 6.54 Å². The number of hydrogen-bond acceptors (Lipinski definition) is 5. The summed E-state index contributed by atoms with van der Waals surface area (Å²) in [5, 5.41) is 7.29. The monoisotopic (exact) mass is 473 g/mol. The highest BCUT2D eigenvalue weighted by molar-refractivity contribution is 5.93. The lowest BCUT2D eigenvalue weighted by atomic mass is 9.96. The van der Waals surface area contributed by atoms with Crippen LogP contribution in [0, 0.1) is 19.8 Å². The third-order valence-electron chi connectivity index (χ3n) is 7.08. The zero-order valence-corrected chi connectivity index (χ0v) is 20.7. The number of carbonyl (C=O) groups is 1. The Kier molecular flexibility index (Phi) is 6.19. The van der Waals surface area contributed by atoms with Crippen LogP contribution in [0.5, 0.6) is 11.5 Å². The van der Waals surface area contributed by atoms with Gasteiger partial charge in [0.05, 0.1) is 37.3 Å². The molecule has 2 aromatic carbocycles. The highest BCUT2D eigenvalue weighted by atomic mass is 16.5. The van der Waals surface area contributed by atoms with Crippen LogP contribution in [0.3, 0.4) is 0 Å². The second-order valence-electron chi connectivity index (χ2n) is 9.29. The minimum absolute atomic E-state index is 0.0248. The summed E-state index contributed by atoms with van der Waals surface area (Å²) in [5.74, 6) is 1.86. The second-order valence-corrected chi connectivity index (χ2v) is 9.29. The molecule has 1 saturated heterocycles. The van der Waals surface area contributed by atoms with Crippen LogP contribution in [0.15, 0.2) is 42.7 Å². The van der Waals surface area contributed by atoms with Crippen molar-refractivity contribution in [2.75, 3.05) is 27.3 Å². The van der Waals surface area contributed by atoms with E-state index < -0.39 is 0 Å². The number of hydrogen-bond donors (Lipinski definition) is 1. The van der Waals surface area contributed by atoms with Gasteiger partial charge in [0.1, 0.15) is 17.2 Å². The van der Waals surface area contributed by atoms with E-state index in [2.05, 4.69) is 45.7 Å². The van der Waals surface area contributed by atoms with Gasteiger partial charge in [0.15, 0.2) is 0 Å². The summed E-state index contributed by atoms with van der Waals surface area (Å²) < 4.78 is 13.1. The molecule has 1 aliphatic rings. The zero-order chi connectivity index (χ0) is 24.5. The molecule has 5 rings (SSSR count). The van der Waals surface area contributed by atoms with Gasteiger partial charge in [0, 0.05) is 25.2 Å². The molecule has 3 heterocycles. The SMILES string of the molecule is COc1ccc(OC)c(-c2cc(C(=O)N3CCC(Cn4cnc5cc(C)c(C)cc54)CC3)[nH]n2)c1. The van der Waals surface area contributed by atoms with Crippen molar-refractivity contribution < 1.29 is 14.3 Å². The maximum atomic E-state index is 13.2. The smallest absolute Gasteiger partial charge is 0.271 e. The van der Waals surface area contributed by atoms with E-state index in [0.717, 1.165) is 43.6 Å². The molecular weight excluding hydrogens is 442 g/mol. The molecule has 35 heavy (non-hydrogen) atoms. The maximum Gasteiger partial charge on any atom is 0.271 e. The first kappa shape index (κ1) is 23.0. The number of likely N-dealkylation sites (tertiary alicyclic amines) is 1. The highest BCUT2D eigenvalue weighted by Gasteiger charge is 2.26. The van der Waals surface area contributed by atoms with Gasteiger partial charge in [-0.3, -0.25) is 9.89 Å². The molecule has 0 radical (unpaired) electrons. The molecule has 8 nitrogen and oxygen atoms in total. The lowest BCUT2D eigenvalue weighted by Gasteiger charge is -2.32. The summed E-state index contributed by atoms with van der Waals surface area (Å²) in [6.45, 7) is 6.64. The number of methoxy groups -OCH3 is 2. The second kappa shape index (κ2) is 9.44. The van der Waals surface area contributed by atoms with Crippen molar-refractivity contribution >= 4 is 16.9 Å². The number of ether oxygens (including phenoxy) is 2.